The number of aliphatic hydroxyl groups is 9. The molecule has 5 aliphatic rings. The van der Waals surface area contributed by atoms with Gasteiger partial charge < -0.3 is 88.6 Å². The van der Waals surface area contributed by atoms with E-state index >= 15 is 0 Å². The van der Waals surface area contributed by atoms with Crippen molar-refractivity contribution in [3.05, 3.63) is 0 Å². The van der Waals surface area contributed by atoms with Crippen LogP contribution in [0.3, 0.4) is 0 Å². The molecule has 24 heteroatoms. The third-order valence-corrected chi connectivity index (χ3v) is 8.92. The Kier molecular flexibility index (Phi) is 14.1. The molecule has 0 spiro atoms. The maximum absolute atomic E-state index is 11.4. The Hall–Kier alpha value is -0.140. The molecule has 10 N–H and O–H groups in total. The fraction of sp³-hybridized carbons (Fsp3) is 0.958. The second-order valence-corrected chi connectivity index (χ2v) is 12.6. The van der Waals surface area contributed by atoms with Crippen molar-refractivity contribution < 1.29 is 106 Å². The van der Waals surface area contributed by atoms with Crippen molar-refractivity contribution in [3.8, 4) is 0 Å². The SMILES string of the molecule is O=C[C@H](O)[C@@H](O[C@H]1O[C@@H]2CO[C@H]([C@H]1O)[C@H]2O[C@@H]1O[C@H](CO)[C@H](O)[C@H](O[C@H]2O[C@@H]3CO[C@@H]([C@H]3O)[C@H]2O)[C@H]1O)[C@@H](OS(=O)(=O)O)[C@H](O)CO.[Na]. The fourth-order valence-electron chi connectivity index (χ4n) is 6.06. The van der Waals surface area contributed by atoms with E-state index in [0.29, 0.717) is 0 Å². The number of carbonyl (C=O) groups is 1. The average molecular weight is 734 g/mol. The summed E-state index contributed by atoms with van der Waals surface area (Å²) in [5.41, 5.74) is 0. The molecule has 0 aromatic heterocycles. The number of hydrogen-bond donors (Lipinski definition) is 10. The summed E-state index contributed by atoms with van der Waals surface area (Å²) >= 11 is 0. The zero-order valence-electron chi connectivity index (χ0n) is 25.2. The van der Waals surface area contributed by atoms with Crippen molar-refractivity contribution in [2.45, 2.75) is 117 Å². The van der Waals surface area contributed by atoms with E-state index < -0.39 is 140 Å². The van der Waals surface area contributed by atoms with Crippen LogP contribution in [0.1, 0.15) is 0 Å². The van der Waals surface area contributed by atoms with Crippen LogP contribution in [0.2, 0.25) is 0 Å². The molecule has 5 saturated heterocycles. The van der Waals surface area contributed by atoms with Crippen molar-refractivity contribution in [2.24, 2.45) is 0 Å². The molecule has 0 amide bonds. The van der Waals surface area contributed by atoms with Gasteiger partial charge in [-0.05, 0) is 0 Å². The molecule has 5 rings (SSSR count). The molecule has 5 aliphatic heterocycles. The fourth-order valence-corrected chi connectivity index (χ4v) is 6.58. The second-order valence-electron chi connectivity index (χ2n) is 11.5. The van der Waals surface area contributed by atoms with Gasteiger partial charge in [0.15, 0.2) is 25.2 Å². The number of rotatable bonds is 14. The first kappa shape index (κ1) is 40.6. The van der Waals surface area contributed by atoms with Crippen LogP contribution in [0.4, 0.5) is 0 Å². The van der Waals surface area contributed by atoms with Gasteiger partial charge in [0.25, 0.3) is 0 Å². The molecule has 19 atom stereocenters. The minimum atomic E-state index is -5.34. The normalized spacial score (nSPS) is 45.2. The van der Waals surface area contributed by atoms with Crippen LogP contribution >= 0.6 is 0 Å². The molecule has 5 heterocycles. The molecule has 5 fully saturated rings. The number of carbonyl (C=O) groups excluding carboxylic acids is 1. The summed E-state index contributed by atoms with van der Waals surface area (Å²) in [6.45, 7) is -2.29. The van der Waals surface area contributed by atoms with Gasteiger partial charge in [0.1, 0.15) is 97.7 Å². The van der Waals surface area contributed by atoms with Crippen molar-refractivity contribution >= 4 is 46.2 Å². The maximum atomic E-state index is 11.4. The van der Waals surface area contributed by atoms with Gasteiger partial charge in [0.2, 0.25) is 0 Å². The summed E-state index contributed by atoms with van der Waals surface area (Å²) in [6, 6.07) is 0. The Morgan fingerprint density at radius 2 is 1.33 bits per heavy atom. The molecule has 0 unspecified atom stereocenters. The molecule has 1 radical (unpaired) electrons. The van der Waals surface area contributed by atoms with Crippen molar-refractivity contribution in [1.29, 1.82) is 0 Å². The number of aldehydes is 1. The predicted octanol–water partition coefficient (Wildman–Crippen LogP) is -8.37. The quantitative estimate of drug-likeness (QED) is 0.0450. The van der Waals surface area contributed by atoms with Gasteiger partial charge >= 0.3 is 10.4 Å². The van der Waals surface area contributed by atoms with E-state index in [2.05, 4.69) is 4.18 Å². The standard InChI is InChI=1S/C24H38O22S.Na/c25-1-6(28)16(17(7(29)2-26)46-47(35,36)37)43-24-15(34)21-18(10(42-24)5-39-21)44-23-14(33)20(11(30)8(3-27)40-23)45-22-13(32)19-12(31)9(41-22)4-38-19;/h1,6-24,26-34H,2-5H2,(H,35,36,37);/t6-,7+,8+,9+,10+,11-,12-,13+,14+,15+,16+,17-,18-,19-,20-,21+,22+,23-,24+;/m0./s1. The molecule has 4 bridgehead atoms. The molecule has 0 saturated carbocycles. The van der Waals surface area contributed by atoms with Crippen LogP contribution in [0, 0.1) is 0 Å². The van der Waals surface area contributed by atoms with E-state index in [1.807, 2.05) is 0 Å². The van der Waals surface area contributed by atoms with Crippen molar-refractivity contribution in [2.75, 3.05) is 26.4 Å². The Balaban J connectivity index is 0.00000520. The van der Waals surface area contributed by atoms with E-state index in [1.165, 1.54) is 0 Å². The van der Waals surface area contributed by atoms with Gasteiger partial charge in [-0.2, -0.15) is 8.42 Å². The van der Waals surface area contributed by atoms with Gasteiger partial charge in [-0.3, -0.25) is 4.55 Å². The average Bonchev–Trinajstić information content (AvgIpc) is 3.49. The molecule has 22 nitrogen and oxygen atoms in total. The van der Waals surface area contributed by atoms with Gasteiger partial charge in [0, 0.05) is 29.6 Å². The molecule has 0 aromatic carbocycles. The second kappa shape index (κ2) is 16.7. The monoisotopic (exact) mass is 733 g/mol. The van der Waals surface area contributed by atoms with E-state index in [9.17, 15) is 59.2 Å². The summed E-state index contributed by atoms with van der Waals surface area (Å²) in [5, 5.41) is 93.0. The minimum Gasteiger partial charge on any atom is -0.394 e. The summed E-state index contributed by atoms with van der Waals surface area (Å²) < 4.78 is 80.7. The predicted molar refractivity (Wildman–Crippen MR) is 145 cm³/mol. The molecular weight excluding hydrogens is 695 g/mol. The topological polar surface area (TPSA) is 337 Å². The van der Waals surface area contributed by atoms with Crippen LogP contribution in [0.15, 0.2) is 0 Å². The van der Waals surface area contributed by atoms with Crippen LogP contribution in [-0.4, -0.2) is 238 Å². The van der Waals surface area contributed by atoms with E-state index in [4.69, 9.17) is 42.4 Å². The largest absolute Gasteiger partial charge is 0.397 e. The summed E-state index contributed by atoms with van der Waals surface area (Å²) in [7, 11) is -5.34. The van der Waals surface area contributed by atoms with Crippen LogP contribution in [0.25, 0.3) is 0 Å². The molecule has 0 aromatic rings. The van der Waals surface area contributed by atoms with Gasteiger partial charge in [-0.1, -0.05) is 0 Å². The van der Waals surface area contributed by atoms with Crippen LogP contribution in [-0.2, 0) is 57.3 Å². The summed E-state index contributed by atoms with van der Waals surface area (Å²) in [5.74, 6) is 0. The Morgan fingerprint density at radius 1 is 0.750 bits per heavy atom. The molecule has 0 aliphatic carbocycles. The number of aliphatic hydroxyl groups excluding tert-OH is 9. The Morgan fingerprint density at radius 3 is 1.96 bits per heavy atom. The molecule has 48 heavy (non-hydrogen) atoms. The number of ether oxygens (including phenoxy) is 8. The maximum Gasteiger partial charge on any atom is 0.397 e. The smallest absolute Gasteiger partial charge is 0.394 e. The van der Waals surface area contributed by atoms with Gasteiger partial charge in [0.05, 0.1) is 26.4 Å². The third-order valence-electron chi connectivity index (χ3n) is 8.46. The van der Waals surface area contributed by atoms with E-state index in [0.717, 1.165) is 0 Å². The minimum absolute atomic E-state index is 0. The van der Waals surface area contributed by atoms with Crippen LogP contribution < -0.4 is 0 Å². The number of hydrogen-bond acceptors (Lipinski definition) is 21. The van der Waals surface area contributed by atoms with Crippen molar-refractivity contribution in [1.82, 2.24) is 0 Å². The van der Waals surface area contributed by atoms with Gasteiger partial charge in [-0.25, -0.2) is 4.18 Å². The van der Waals surface area contributed by atoms with Crippen molar-refractivity contribution in [3.63, 3.8) is 0 Å². The first-order chi connectivity index (χ1) is 22.2. The molecular formula is C24H38NaO22S. The molecule has 273 valence electrons. The van der Waals surface area contributed by atoms with E-state index in [1.54, 1.807) is 0 Å². The number of fused-ring (bicyclic) bond motifs is 4. The Bertz CT molecular complexity index is 1170. The first-order valence-corrected chi connectivity index (χ1v) is 15.8. The van der Waals surface area contributed by atoms with E-state index in [-0.39, 0.29) is 49.1 Å². The summed E-state index contributed by atoms with van der Waals surface area (Å²) in [4.78, 5) is 11.4. The summed E-state index contributed by atoms with van der Waals surface area (Å²) in [6.07, 6.45) is -30.7. The first-order valence-electron chi connectivity index (χ1n) is 14.4. The van der Waals surface area contributed by atoms with Gasteiger partial charge in [-0.15, -0.1) is 0 Å². The van der Waals surface area contributed by atoms with Crippen LogP contribution in [0.5, 0.6) is 0 Å². The zero-order valence-corrected chi connectivity index (χ0v) is 28.0. The zero-order chi connectivity index (χ0) is 34.4. The Labute approximate surface area is 294 Å². The third kappa shape index (κ3) is 8.39.